The molecule has 1 unspecified atom stereocenters. The number of hydrogen-bond donors (Lipinski definition) is 3. The molecule has 1 aliphatic heterocycles. The number of nitrogens with zero attached hydrogens (tertiary/aromatic N) is 2. The van der Waals surface area contributed by atoms with Crippen molar-refractivity contribution in [1.29, 1.82) is 0 Å². The molecule has 9 heteroatoms. The minimum Gasteiger partial charge on any atom is -0.478 e. The predicted octanol–water partition coefficient (Wildman–Crippen LogP) is 3.22. The van der Waals surface area contributed by atoms with Crippen LogP contribution in [0.15, 0.2) is 34.9 Å². The third-order valence-corrected chi connectivity index (χ3v) is 4.87. The number of carbonyl (C=O) groups is 2. The third-order valence-electron chi connectivity index (χ3n) is 4.87. The molecule has 1 saturated heterocycles. The van der Waals surface area contributed by atoms with Crippen LogP contribution in [0.5, 0.6) is 0 Å². The maximum absolute atomic E-state index is 13.2. The zero-order chi connectivity index (χ0) is 22.5. The fourth-order valence-corrected chi connectivity index (χ4v) is 3.33. The van der Waals surface area contributed by atoms with Crippen LogP contribution in [0.2, 0.25) is 0 Å². The summed E-state index contributed by atoms with van der Waals surface area (Å²) >= 11 is 0. The van der Waals surface area contributed by atoms with Crippen LogP contribution in [0.3, 0.4) is 0 Å². The molecule has 1 aliphatic rings. The van der Waals surface area contributed by atoms with Crippen molar-refractivity contribution >= 4 is 22.9 Å². The second kappa shape index (κ2) is 9.82. The highest BCUT2D eigenvalue weighted by molar-refractivity contribution is 5.89. The van der Waals surface area contributed by atoms with Crippen LogP contribution >= 0.6 is 0 Å². The first-order valence-electron chi connectivity index (χ1n) is 9.60. The quantitative estimate of drug-likeness (QED) is 0.642. The molecule has 0 bridgehead atoms. The molecule has 1 aromatic heterocycles. The first kappa shape index (κ1) is 23.5. The summed E-state index contributed by atoms with van der Waals surface area (Å²) in [5, 5.41) is 31.1. The Morgan fingerprint density at radius 3 is 2.27 bits per heavy atom. The molecular formula is C21H27FN2O6. The highest BCUT2D eigenvalue weighted by atomic mass is 19.1. The normalized spacial score (nSPS) is 17.0. The number of carboxylic acid groups (broad SMARTS) is 2. The first-order chi connectivity index (χ1) is 14.0. The molecule has 0 spiro atoms. The lowest BCUT2D eigenvalue weighted by Gasteiger charge is -2.40. The summed E-state index contributed by atoms with van der Waals surface area (Å²) in [6.07, 6.45) is 2.53. The molecular weight excluding hydrogens is 395 g/mol. The van der Waals surface area contributed by atoms with Crippen molar-refractivity contribution in [2.45, 2.75) is 45.8 Å². The predicted molar refractivity (Wildman–Crippen MR) is 107 cm³/mol. The molecule has 3 N–H and O–H groups in total. The number of carboxylic acids is 2. The van der Waals surface area contributed by atoms with Gasteiger partial charge in [-0.3, -0.25) is 4.90 Å². The molecule has 0 saturated carbocycles. The molecule has 164 valence electrons. The van der Waals surface area contributed by atoms with Gasteiger partial charge in [-0.15, -0.1) is 0 Å². The maximum atomic E-state index is 13.2. The zero-order valence-corrected chi connectivity index (χ0v) is 17.2. The summed E-state index contributed by atoms with van der Waals surface area (Å²) in [7, 11) is 0. The Balaban J connectivity index is 0.000000343. The van der Waals surface area contributed by atoms with Crippen LogP contribution in [0, 0.1) is 11.2 Å². The molecule has 0 amide bonds. The number of aromatic nitrogens is 1. The van der Waals surface area contributed by atoms with Gasteiger partial charge in [-0.25, -0.2) is 14.0 Å². The largest absolute Gasteiger partial charge is 0.478 e. The van der Waals surface area contributed by atoms with E-state index in [-0.39, 0.29) is 11.2 Å². The van der Waals surface area contributed by atoms with E-state index in [0.29, 0.717) is 23.7 Å². The second-order valence-corrected chi connectivity index (χ2v) is 8.27. The van der Waals surface area contributed by atoms with Gasteiger partial charge in [0.1, 0.15) is 12.0 Å². The Morgan fingerprint density at radius 2 is 1.77 bits per heavy atom. The van der Waals surface area contributed by atoms with Crippen molar-refractivity contribution in [3.8, 4) is 0 Å². The van der Waals surface area contributed by atoms with E-state index >= 15 is 0 Å². The third kappa shape index (κ3) is 6.36. The molecule has 0 radical (unpaired) electrons. The summed E-state index contributed by atoms with van der Waals surface area (Å²) < 4.78 is 18.5. The van der Waals surface area contributed by atoms with E-state index in [1.165, 1.54) is 12.1 Å². The molecule has 8 nitrogen and oxygen atoms in total. The smallest absolute Gasteiger partial charge is 0.328 e. The second-order valence-electron chi connectivity index (χ2n) is 8.27. The van der Waals surface area contributed by atoms with E-state index in [4.69, 9.17) is 14.7 Å². The van der Waals surface area contributed by atoms with Gasteiger partial charge in [0.25, 0.3) is 0 Å². The number of likely N-dealkylation sites (tertiary alicyclic amines) is 1. The summed E-state index contributed by atoms with van der Waals surface area (Å²) in [5.74, 6) is -2.52. The van der Waals surface area contributed by atoms with Crippen LogP contribution in [0.25, 0.3) is 11.0 Å². The summed E-state index contributed by atoms with van der Waals surface area (Å²) in [6, 6.07) is 4.57. The highest BCUT2D eigenvalue weighted by Crippen LogP contribution is 2.34. The van der Waals surface area contributed by atoms with Crippen molar-refractivity contribution in [3.05, 3.63) is 41.9 Å². The number of aliphatic carboxylic acids is 2. The van der Waals surface area contributed by atoms with Crippen molar-refractivity contribution in [1.82, 2.24) is 10.1 Å². The molecule has 2 aromatic rings. The van der Waals surface area contributed by atoms with Crippen molar-refractivity contribution in [2.24, 2.45) is 5.41 Å². The van der Waals surface area contributed by atoms with Gasteiger partial charge in [0.15, 0.2) is 5.58 Å². The Morgan fingerprint density at radius 1 is 1.20 bits per heavy atom. The molecule has 1 atom stereocenters. The van der Waals surface area contributed by atoms with Gasteiger partial charge < -0.3 is 19.8 Å². The minimum absolute atomic E-state index is 0.148. The van der Waals surface area contributed by atoms with Crippen molar-refractivity contribution in [2.75, 3.05) is 13.1 Å². The van der Waals surface area contributed by atoms with Gasteiger partial charge in [0.2, 0.25) is 0 Å². The highest BCUT2D eigenvalue weighted by Gasteiger charge is 2.32. The average Bonchev–Trinajstić information content (AvgIpc) is 3.08. The number of benzene rings is 1. The number of aliphatic hydroxyl groups is 1. The van der Waals surface area contributed by atoms with Crippen LogP contribution in [-0.2, 0) is 9.59 Å². The molecule has 2 heterocycles. The van der Waals surface area contributed by atoms with Gasteiger partial charge >= 0.3 is 11.9 Å². The number of fused-ring (bicyclic) bond motifs is 1. The lowest BCUT2D eigenvalue weighted by Crippen LogP contribution is -2.47. The lowest BCUT2D eigenvalue weighted by atomic mass is 9.88. The van der Waals surface area contributed by atoms with E-state index < -0.39 is 18.2 Å². The van der Waals surface area contributed by atoms with Crippen molar-refractivity contribution < 1.29 is 33.8 Å². The minimum atomic E-state index is -1.26. The molecule has 3 rings (SSSR count). The van der Waals surface area contributed by atoms with Gasteiger partial charge in [0, 0.05) is 48.0 Å². The monoisotopic (exact) mass is 422 g/mol. The van der Waals surface area contributed by atoms with Gasteiger partial charge in [-0.1, -0.05) is 25.9 Å². The van der Waals surface area contributed by atoms with E-state index in [1.807, 2.05) is 20.8 Å². The Labute approximate surface area is 173 Å². The van der Waals surface area contributed by atoms with Gasteiger partial charge in [0.05, 0.1) is 5.69 Å². The molecule has 1 aromatic carbocycles. The summed E-state index contributed by atoms with van der Waals surface area (Å²) in [4.78, 5) is 21.2. The first-order valence-corrected chi connectivity index (χ1v) is 9.60. The van der Waals surface area contributed by atoms with E-state index in [1.54, 1.807) is 6.07 Å². The van der Waals surface area contributed by atoms with Crippen LogP contribution in [0.4, 0.5) is 4.39 Å². The molecule has 1 fully saturated rings. The SMILES string of the molecule is CC(C)(C)C(O)N1CCC(c2noc3cc(F)ccc23)CC1.O=C(O)/C=C/C(=O)O. The average molecular weight is 422 g/mol. The van der Waals surface area contributed by atoms with Crippen LogP contribution in [0.1, 0.15) is 45.2 Å². The van der Waals surface area contributed by atoms with Crippen LogP contribution < -0.4 is 0 Å². The van der Waals surface area contributed by atoms with Gasteiger partial charge in [-0.2, -0.15) is 0 Å². The van der Waals surface area contributed by atoms with Crippen molar-refractivity contribution in [3.63, 3.8) is 0 Å². The topological polar surface area (TPSA) is 124 Å². The van der Waals surface area contributed by atoms with Crippen LogP contribution in [-0.4, -0.2) is 56.6 Å². The fourth-order valence-electron chi connectivity index (χ4n) is 3.33. The number of halogens is 1. The molecule has 30 heavy (non-hydrogen) atoms. The Kier molecular flexibility index (Phi) is 7.69. The van der Waals surface area contributed by atoms with E-state index in [9.17, 15) is 19.1 Å². The zero-order valence-electron chi connectivity index (χ0n) is 17.2. The number of piperidine rings is 1. The Hall–Kier alpha value is -2.78. The lowest BCUT2D eigenvalue weighted by molar-refractivity contribution is -0.134. The Bertz CT molecular complexity index is 894. The number of rotatable bonds is 4. The molecule has 0 aliphatic carbocycles. The number of aliphatic hydroxyl groups excluding tert-OH is 1. The summed E-state index contributed by atoms with van der Waals surface area (Å²) in [5.41, 5.74) is 1.28. The van der Waals surface area contributed by atoms with E-state index in [2.05, 4.69) is 10.1 Å². The maximum Gasteiger partial charge on any atom is 0.328 e. The fraction of sp³-hybridized carbons (Fsp3) is 0.476. The summed E-state index contributed by atoms with van der Waals surface area (Å²) in [6.45, 7) is 7.80. The van der Waals surface area contributed by atoms with Gasteiger partial charge in [-0.05, 0) is 25.0 Å². The van der Waals surface area contributed by atoms with E-state index in [0.717, 1.165) is 37.0 Å². The standard InChI is InChI=1S/C17H23FN2O2.C4H4O4/c1-17(2,3)16(21)20-8-6-11(7-9-20)15-13-5-4-12(18)10-14(13)22-19-15;5-3(6)1-2-4(7)8/h4-5,10-11,16,21H,6-9H2,1-3H3;1-2H,(H,5,6)(H,7,8)/b;2-1+. The number of hydrogen-bond acceptors (Lipinski definition) is 6.